The number of carbonyl (C=O) groups excluding carboxylic acids is 1. The van der Waals surface area contributed by atoms with Gasteiger partial charge >= 0.3 is 0 Å². The maximum Gasteiger partial charge on any atom is 0.198 e. The molecule has 0 rings (SSSR count). The summed E-state index contributed by atoms with van der Waals surface area (Å²) < 4.78 is -0.236. The van der Waals surface area contributed by atoms with Crippen molar-refractivity contribution in [2.75, 3.05) is 0 Å². The Kier molecular flexibility index (Phi) is 5.50. The molecule has 0 aromatic rings. The van der Waals surface area contributed by atoms with Crippen LogP contribution in [-0.2, 0) is 4.79 Å². The summed E-state index contributed by atoms with van der Waals surface area (Å²) in [6.45, 7) is 0. The lowest BCUT2D eigenvalue weighted by atomic mass is 10.4. The highest BCUT2D eigenvalue weighted by molar-refractivity contribution is 9.14. The first-order valence-electron chi connectivity index (χ1n) is 1.88. The van der Waals surface area contributed by atoms with Crippen LogP contribution >= 0.6 is 59.4 Å². The molecule has 0 aromatic carbocycles. The summed E-state index contributed by atoms with van der Waals surface area (Å²) in [7, 11) is 0. The zero-order chi connectivity index (χ0) is 7.44. The molecule has 0 aliphatic rings. The summed E-state index contributed by atoms with van der Waals surface area (Å²) in [6, 6.07) is 0. The lowest BCUT2D eigenvalue weighted by molar-refractivity contribution is -0.113. The SMILES string of the molecule is O=C(/C(Br)=C/Br)C(Cl)Br. The maximum absolute atomic E-state index is 10.7. The van der Waals surface area contributed by atoms with Crippen LogP contribution in [0, 0.1) is 0 Å². The third-order valence-electron chi connectivity index (χ3n) is 0.529. The largest absolute Gasteiger partial charge is 0.291 e. The van der Waals surface area contributed by atoms with E-state index in [1.165, 1.54) is 4.99 Å². The highest BCUT2D eigenvalue weighted by Gasteiger charge is 2.13. The minimum Gasteiger partial charge on any atom is -0.291 e. The van der Waals surface area contributed by atoms with E-state index in [4.69, 9.17) is 11.6 Å². The molecule has 1 nitrogen and oxygen atoms in total. The van der Waals surface area contributed by atoms with E-state index in [2.05, 4.69) is 47.8 Å². The van der Waals surface area contributed by atoms with E-state index in [0.717, 1.165) is 0 Å². The molecule has 0 spiro atoms. The van der Waals surface area contributed by atoms with Gasteiger partial charge in [-0.3, -0.25) is 4.79 Å². The predicted octanol–water partition coefficient (Wildman–Crippen LogP) is 3.15. The van der Waals surface area contributed by atoms with Crippen LogP contribution in [0.5, 0.6) is 0 Å². The molecule has 0 bridgehead atoms. The Hall–Kier alpha value is 1.14. The Morgan fingerprint density at radius 2 is 2.11 bits per heavy atom. The molecule has 0 heterocycles. The number of allylic oxidation sites excluding steroid dienone is 1. The average Bonchev–Trinajstić information content (AvgIpc) is 1.84. The van der Waals surface area contributed by atoms with Gasteiger partial charge in [0, 0.05) is 0 Å². The summed E-state index contributed by atoms with van der Waals surface area (Å²) in [5.74, 6) is -0.200. The summed E-state index contributed by atoms with van der Waals surface area (Å²) in [5.41, 5.74) is 0. The summed E-state index contributed by atoms with van der Waals surface area (Å²) >= 11 is 14.3. The molecule has 5 heteroatoms. The fourth-order valence-electron chi connectivity index (χ4n) is 0.158. The van der Waals surface area contributed by atoms with Gasteiger partial charge in [0.2, 0.25) is 0 Å². The van der Waals surface area contributed by atoms with Crippen molar-refractivity contribution in [2.24, 2.45) is 0 Å². The number of alkyl halides is 2. The van der Waals surface area contributed by atoms with Crippen molar-refractivity contribution in [1.82, 2.24) is 0 Å². The lowest BCUT2D eigenvalue weighted by Crippen LogP contribution is -2.05. The summed E-state index contributed by atoms with van der Waals surface area (Å²) in [5, 5.41) is 0. The smallest absolute Gasteiger partial charge is 0.198 e. The maximum atomic E-state index is 10.7. The molecular formula is C4H2Br3ClO. The van der Waals surface area contributed by atoms with E-state index >= 15 is 0 Å². The van der Waals surface area contributed by atoms with E-state index in [1.807, 2.05) is 0 Å². The number of halogens is 4. The van der Waals surface area contributed by atoms with Crippen molar-refractivity contribution in [3.05, 3.63) is 9.47 Å². The molecule has 52 valence electrons. The van der Waals surface area contributed by atoms with E-state index < -0.39 is 4.29 Å². The highest BCUT2D eigenvalue weighted by atomic mass is 79.9. The molecule has 0 aliphatic carbocycles. The van der Waals surface area contributed by atoms with E-state index in [0.29, 0.717) is 4.48 Å². The second-order valence-corrected chi connectivity index (χ2v) is 4.31. The van der Waals surface area contributed by atoms with Gasteiger partial charge in [-0.1, -0.05) is 31.9 Å². The van der Waals surface area contributed by atoms with Crippen LogP contribution in [0.25, 0.3) is 0 Å². The lowest BCUT2D eigenvalue weighted by Gasteiger charge is -1.95. The van der Waals surface area contributed by atoms with E-state index in [9.17, 15) is 4.79 Å². The molecule has 0 saturated heterocycles. The van der Waals surface area contributed by atoms with Crippen LogP contribution in [0.1, 0.15) is 0 Å². The van der Waals surface area contributed by atoms with Gasteiger partial charge in [0.25, 0.3) is 0 Å². The molecule has 1 unspecified atom stereocenters. The molecule has 0 aliphatic heterocycles. The fraction of sp³-hybridized carbons (Fsp3) is 0.250. The normalized spacial score (nSPS) is 15.3. The second kappa shape index (κ2) is 4.88. The Morgan fingerprint density at radius 1 is 1.67 bits per heavy atom. The van der Waals surface area contributed by atoms with E-state index in [1.54, 1.807) is 0 Å². The molecule has 1 atom stereocenters. The van der Waals surface area contributed by atoms with Gasteiger partial charge in [0.1, 0.15) is 0 Å². The number of rotatable bonds is 2. The fourth-order valence-corrected chi connectivity index (χ4v) is 1.42. The topological polar surface area (TPSA) is 17.1 Å². The predicted molar refractivity (Wildman–Crippen MR) is 49.5 cm³/mol. The first kappa shape index (κ1) is 10.1. The Bertz CT molecular complexity index is 143. The quantitative estimate of drug-likeness (QED) is 0.557. The highest BCUT2D eigenvalue weighted by Crippen LogP contribution is 2.17. The average molecular weight is 341 g/mol. The minimum atomic E-state index is -0.652. The van der Waals surface area contributed by atoms with Crippen LogP contribution in [0.2, 0.25) is 0 Å². The van der Waals surface area contributed by atoms with Crippen LogP contribution in [0.3, 0.4) is 0 Å². The summed E-state index contributed by atoms with van der Waals surface area (Å²) in [4.78, 5) is 12.2. The monoisotopic (exact) mass is 338 g/mol. The molecule has 9 heavy (non-hydrogen) atoms. The number of Topliss-reactive ketones (excluding diaryl/α,β-unsaturated/α-hetero) is 1. The van der Waals surface area contributed by atoms with Gasteiger partial charge in [0.15, 0.2) is 10.1 Å². The Balaban J connectivity index is 4.06. The third-order valence-corrected chi connectivity index (χ3v) is 2.84. The molecular weight excluding hydrogens is 339 g/mol. The number of hydrogen-bond donors (Lipinski definition) is 0. The molecule has 0 N–H and O–H groups in total. The molecule has 0 aromatic heterocycles. The van der Waals surface area contributed by atoms with Gasteiger partial charge in [-0.05, 0) is 20.9 Å². The van der Waals surface area contributed by atoms with Crippen molar-refractivity contribution in [1.29, 1.82) is 0 Å². The van der Waals surface area contributed by atoms with Gasteiger partial charge in [-0.15, -0.1) is 11.6 Å². The zero-order valence-corrected chi connectivity index (χ0v) is 9.59. The van der Waals surface area contributed by atoms with Crippen molar-refractivity contribution >= 4 is 65.2 Å². The van der Waals surface area contributed by atoms with Gasteiger partial charge in [0.05, 0.1) is 4.48 Å². The molecule has 0 amide bonds. The van der Waals surface area contributed by atoms with Crippen molar-refractivity contribution in [3.8, 4) is 0 Å². The van der Waals surface area contributed by atoms with Crippen LogP contribution in [0.15, 0.2) is 9.47 Å². The third kappa shape index (κ3) is 3.75. The van der Waals surface area contributed by atoms with Crippen LogP contribution in [-0.4, -0.2) is 10.1 Å². The van der Waals surface area contributed by atoms with E-state index in [-0.39, 0.29) is 5.78 Å². The Morgan fingerprint density at radius 3 is 2.22 bits per heavy atom. The zero-order valence-electron chi connectivity index (χ0n) is 4.07. The van der Waals surface area contributed by atoms with Crippen molar-refractivity contribution in [2.45, 2.75) is 4.29 Å². The molecule has 0 saturated carbocycles. The number of hydrogen-bond acceptors (Lipinski definition) is 1. The van der Waals surface area contributed by atoms with Gasteiger partial charge in [-0.2, -0.15) is 0 Å². The minimum absolute atomic E-state index is 0.200. The van der Waals surface area contributed by atoms with Crippen molar-refractivity contribution in [3.63, 3.8) is 0 Å². The van der Waals surface area contributed by atoms with Gasteiger partial charge < -0.3 is 0 Å². The van der Waals surface area contributed by atoms with Gasteiger partial charge in [-0.25, -0.2) is 0 Å². The second-order valence-electron chi connectivity index (χ2n) is 1.12. The van der Waals surface area contributed by atoms with Crippen LogP contribution < -0.4 is 0 Å². The first-order valence-corrected chi connectivity index (χ1v) is 4.94. The Labute approximate surface area is 83.2 Å². The number of ketones is 1. The van der Waals surface area contributed by atoms with Crippen molar-refractivity contribution < 1.29 is 4.79 Å². The number of carbonyl (C=O) groups is 1. The molecule has 0 fully saturated rings. The standard InChI is InChI=1S/C4H2Br3ClO/c5-1-2(6)3(9)4(7)8/h1,4H/b2-1-. The first-order chi connectivity index (χ1) is 4.09. The summed E-state index contributed by atoms with van der Waals surface area (Å²) in [6.07, 6.45) is 0. The van der Waals surface area contributed by atoms with Crippen LogP contribution in [0.4, 0.5) is 0 Å². The molecule has 0 radical (unpaired) electrons.